The van der Waals surface area contributed by atoms with Crippen LogP contribution in [0.2, 0.25) is 5.15 Å². The molecule has 0 bridgehead atoms. The monoisotopic (exact) mass is 332 g/mol. The normalized spacial score (nSPS) is 11.3. The molecule has 3 aromatic rings. The van der Waals surface area contributed by atoms with Crippen LogP contribution < -0.4 is 0 Å². The Balaban J connectivity index is 2.02. The van der Waals surface area contributed by atoms with Crippen LogP contribution >= 0.6 is 11.6 Å². The van der Waals surface area contributed by atoms with E-state index in [2.05, 4.69) is 15.1 Å². The summed E-state index contributed by atoms with van der Waals surface area (Å²) in [5.74, 6) is 0. The van der Waals surface area contributed by atoms with Crippen molar-refractivity contribution in [2.75, 3.05) is 20.3 Å². The average molecular weight is 333 g/mol. The summed E-state index contributed by atoms with van der Waals surface area (Å²) < 4.78 is 12.4. The van der Waals surface area contributed by atoms with Gasteiger partial charge in [-0.2, -0.15) is 5.10 Å². The van der Waals surface area contributed by atoms with Crippen molar-refractivity contribution in [3.05, 3.63) is 47.1 Å². The molecule has 0 aliphatic carbocycles. The molecule has 6 nitrogen and oxygen atoms in total. The van der Waals surface area contributed by atoms with E-state index in [1.165, 1.54) is 0 Å². The highest BCUT2D eigenvalue weighted by Gasteiger charge is 2.13. The molecule has 0 aliphatic heterocycles. The quantitative estimate of drug-likeness (QED) is 0.513. The second-order valence-corrected chi connectivity index (χ2v) is 5.47. The van der Waals surface area contributed by atoms with Crippen LogP contribution in [0.5, 0.6) is 0 Å². The zero-order valence-electron chi connectivity index (χ0n) is 13.0. The lowest BCUT2D eigenvalue weighted by Gasteiger charge is -2.09. The van der Waals surface area contributed by atoms with Gasteiger partial charge in [0.1, 0.15) is 5.15 Å². The summed E-state index contributed by atoms with van der Waals surface area (Å²) in [6.07, 6.45) is 3.54. The van der Waals surface area contributed by atoms with E-state index >= 15 is 0 Å². The van der Waals surface area contributed by atoms with Crippen molar-refractivity contribution in [3.63, 3.8) is 0 Å². The third-order valence-corrected chi connectivity index (χ3v) is 3.58. The average Bonchev–Trinajstić information content (AvgIpc) is 2.95. The molecule has 0 spiro atoms. The highest BCUT2D eigenvalue weighted by molar-refractivity contribution is 6.30. The van der Waals surface area contributed by atoms with Crippen LogP contribution in [0.4, 0.5) is 0 Å². The molecule has 0 N–H and O–H groups in total. The standard InChI is InChI=1S/C16H17ClN4O2/c1-11-7-13(3-4-18-11)21-16-12(9-19-21)8-15(17)20-14(16)10-23-6-5-22-2/h3-4,7-9H,5-6,10H2,1-2H3. The fourth-order valence-corrected chi connectivity index (χ4v) is 2.59. The van der Waals surface area contributed by atoms with Crippen LogP contribution in [0.25, 0.3) is 16.6 Å². The fraction of sp³-hybridized carbons (Fsp3) is 0.312. The number of aryl methyl sites for hydroxylation is 1. The second kappa shape index (κ2) is 7.04. The number of methoxy groups -OCH3 is 1. The summed E-state index contributed by atoms with van der Waals surface area (Å²) in [6, 6.07) is 5.67. The number of ether oxygens (including phenoxy) is 2. The van der Waals surface area contributed by atoms with E-state index in [0.717, 1.165) is 28.0 Å². The molecule has 0 unspecified atom stereocenters. The number of fused-ring (bicyclic) bond motifs is 1. The Labute approximate surface area is 139 Å². The van der Waals surface area contributed by atoms with Crippen molar-refractivity contribution in [3.8, 4) is 5.69 Å². The molecule has 120 valence electrons. The summed E-state index contributed by atoms with van der Waals surface area (Å²) in [5, 5.41) is 5.81. The van der Waals surface area contributed by atoms with Crippen molar-refractivity contribution in [1.29, 1.82) is 0 Å². The number of hydrogen-bond donors (Lipinski definition) is 0. The third-order valence-electron chi connectivity index (χ3n) is 3.38. The molecule has 23 heavy (non-hydrogen) atoms. The minimum Gasteiger partial charge on any atom is -0.382 e. The van der Waals surface area contributed by atoms with E-state index in [1.807, 2.05) is 23.7 Å². The van der Waals surface area contributed by atoms with Gasteiger partial charge in [-0.15, -0.1) is 0 Å². The van der Waals surface area contributed by atoms with Crippen molar-refractivity contribution in [1.82, 2.24) is 19.7 Å². The number of rotatable bonds is 6. The molecule has 0 atom stereocenters. The first-order chi connectivity index (χ1) is 11.2. The molecule has 3 heterocycles. The van der Waals surface area contributed by atoms with Crippen LogP contribution in [0.1, 0.15) is 11.4 Å². The highest BCUT2D eigenvalue weighted by Crippen LogP contribution is 2.24. The Morgan fingerprint density at radius 1 is 1.26 bits per heavy atom. The first-order valence-corrected chi connectivity index (χ1v) is 7.59. The van der Waals surface area contributed by atoms with Gasteiger partial charge in [-0.25, -0.2) is 9.67 Å². The topological polar surface area (TPSA) is 62.1 Å². The Hall–Kier alpha value is -2.02. The van der Waals surface area contributed by atoms with Gasteiger partial charge in [0.15, 0.2) is 0 Å². The minimum absolute atomic E-state index is 0.343. The van der Waals surface area contributed by atoms with Crippen LogP contribution in [-0.2, 0) is 16.1 Å². The molecule has 0 radical (unpaired) electrons. The Morgan fingerprint density at radius 2 is 2.13 bits per heavy atom. The fourth-order valence-electron chi connectivity index (χ4n) is 2.37. The summed E-state index contributed by atoms with van der Waals surface area (Å²) in [4.78, 5) is 8.62. The summed E-state index contributed by atoms with van der Waals surface area (Å²) in [6.45, 7) is 3.32. The molecule has 0 saturated carbocycles. The third kappa shape index (κ3) is 3.50. The largest absolute Gasteiger partial charge is 0.382 e. The number of aromatic nitrogens is 4. The maximum atomic E-state index is 6.11. The molecule has 7 heteroatoms. The smallest absolute Gasteiger partial charge is 0.130 e. The van der Waals surface area contributed by atoms with Crippen molar-refractivity contribution in [2.24, 2.45) is 0 Å². The number of hydrogen-bond acceptors (Lipinski definition) is 5. The van der Waals surface area contributed by atoms with E-state index in [-0.39, 0.29) is 0 Å². The summed E-state index contributed by atoms with van der Waals surface area (Å²) in [7, 11) is 1.64. The Morgan fingerprint density at radius 3 is 2.91 bits per heavy atom. The van der Waals surface area contributed by atoms with Crippen LogP contribution in [0.3, 0.4) is 0 Å². The van der Waals surface area contributed by atoms with Crippen molar-refractivity contribution >= 4 is 22.5 Å². The molecule has 0 amide bonds. The lowest BCUT2D eigenvalue weighted by Crippen LogP contribution is -2.06. The summed E-state index contributed by atoms with van der Waals surface area (Å²) in [5.41, 5.74) is 3.48. The Bertz CT molecular complexity index is 819. The van der Waals surface area contributed by atoms with Gasteiger partial charge in [-0.1, -0.05) is 11.6 Å². The van der Waals surface area contributed by atoms with E-state index in [9.17, 15) is 0 Å². The van der Waals surface area contributed by atoms with Crippen LogP contribution in [0, 0.1) is 6.92 Å². The lowest BCUT2D eigenvalue weighted by atomic mass is 10.2. The molecule has 0 aromatic carbocycles. The van der Waals surface area contributed by atoms with Gasteiger partial charge in [-0.3, -0.25) is 4.98 Å². The van der Waals surface area contributed by atoms with Gasteiger partial charge in [-0.05, 0) is 25.1 Å². The maximum Gasteiger partial charge on any atom is 0.130 e. The number of halogens is 1. The molecule has 0 saturated heterocycles. The van der Waals surface area contributed by atoms with Gasteiger partial charge in [0.05, 0.1) is 42.9 Å². The summed E-state index contributed by atoms with van der Waals surface area (Å²) >= 11 is 6.11. The second-order valence-electron chi connectivity index (χ2n) is 5.09. The van der Waals surface area contributed by atoms with Gasteiger partial charge >= 0.3 is 0 Å². The maximum absolute atomic E-state index is 6.11. The first-order valence-electron chi connectivity index (χ1n) is 7.22. The molecular formula is C16H17ClN4O2. The molecule has 3 aromatic heterocycles. The minimum atomic E-state index is 0.343. The molecule has 3 rings (SSSR count). The zero-order valence-corrected chi connectivity index (χ0v) is 13.7. The van der Waals surface area contributed by atoms with Crippen molar-refractivity contribution in [2.45, 2.75) is 13.5 Å². The van der Waals surface area contributed by atoms with E-state index in [1.54, 1.807) is 25.6 Å². The predicted octanol–water partition coefficient (Wildman–Crippen LogP) is 2.94. The molecule has 0 aliphatic rings. The van der Waals surface area contributed by atoms with E-state index < -0.39 is 0 Å². The number of pyridine rings is 2. The van der Waals surface area contributed by atoms with Gasteiger partial charge in [0.25, 0.3) is 0 Å². The van der Waals surface area contributed by atoms with E-state index in [0.29, 0.717) is 25.0 Å². The molecular weight excluding hydrogens is 316 g/mol. The van der Waals surface area contributed by atoms with Crippen LogP contribution in [0.15, 0.2) is 30.6 Å². The number of nitrogens with zero attached hydrogens (tertiary/aromatic N) is 4. The molecule has 0 fully saturated rings. The predicted molar refractivity (Wildman–Crippen MR) is 87.9 cm³/mol. The van der Waals surface area contributed by atoms with Gasteiger partial charge < -0.3 is 9.47 Å². The van der Waals surface area contributed by atoms with Crippen molar-refractivity contribution < 1.29 is 9.47 Å². The van der Waals surface area contributed by atoms with Gasteiger partial charge in [0.2, 0.25) is 0 Å². The van der Waals surface area contributed by atoms with E-state index in [4.69, 9.17) is 21.1 Å². The Kier molecular flexibility index (Phi) is 4.85. The van der Waals surface area contributed by atoms with Crippen LogP contribution in [-0.4, -0.2) is 40.1 Å². The van der Waals surface area contributed by atoms with Gasteiger partial charge in [0, 0.05) is 24.4 Å². The first kappa shape index (κ1) is 15.9. The lowest BCUT2D eigenvalue weighted by molar-refractivity contribution is 0.0606. The highest BCUT2D eigenvalue weighted by atomic mass is 35.5. The SMILES string of the molecule is COCCOCc1nc(Cl)cc2cnn(-c3ccnc(C)c3)c12. The zero-order chi connectivity index (χ0) is 16.2.